The molecule has 1 aliphatic heterocycles. The fraction of sp³-hybridized carbons (Fsp3) is 0.375. The van der Waals surface area contributed by atoms with E-state index in [1.807, 2.05) is 62.4 Å². The topological polar surface area (TPSA) is 99.8 Å². The van der Waals surface area contributed by atoms with Gasteiger partial charge in [0.1, 0.15) is 5.75 Å². The number of imide groups is 1. The summed E-state index contributed by atoms with van der Waals surface area (Å²) in [5, 5.41) is 8.02. The molecule has 0 aromatic heterocycles. The van der Waals surface area contributed by atoms with Gasteiger partial charge in [0, 0.05) is 12.6 Å². The highest BCUT2D eigenvalue weighted by atomic mass is 16.5. The average molecular weight is 439 g/mol. The monoisotopic (exact) mass is 438 g/mol. The lowest BCUT2D eigenvalue weighted by atomic mass is 10.1. The summed E-state index contributed by atoms with van der Waals surface area (Å²) in [4.78, 5) is 39.2. The van der Waals surface area contributed by atoms with Gasteiger partial charge in [0.05, 0.1) is 18.8 Å². The van der Waals surface area contributed by atoms with Gasteiger partial charge in [0.2, 0.25) is 5.91 Å². The van der Waals surface area contributed by atoms with Crippen LogP contribution in [0.5, 0.6) is 5.75 Å². The second kappa shape index (κ2) is 11.2. The van der Waals surface area contributed by atoms with Crippen LogP contribution in [-0.2, 0) is 16.1 Å². The normalized spacial score (nSPS) is 14.8. The van der Waals surface area contributed by atoms with Crippen molar-refractivity contribution in [3.8, 4) is 5.75 Å². The molecule has 0 radical (unpaired) electrons. The van der Waals surface area contributed by atoms with Gasteiger partial charge < -0.3 is 20.3 Å². The quantitative estimate of drug-likeness (QED) is 0.588. The van der Waals surface area contributed by atoms with E-state index in [0.717, 1.165) is 18.4 Å². The van der Waals surface area contributed by atoms with Gasteiger partial charge in [-0.3, -0.25) is 14.9 Å². The Balaban J connectivity index is 1.60. The Hall–Kier alpha value is -3.55. The van der Waals surface area contributed by atoms with Crippen LogP contribution in [-0.4, -0.2) is 43.1 Å². The summed E-state index contributed by atoms with van der Waals surface area (Å²) in [5.41, 5.74) is 1.64. The number of hydrogen-bond donors (Lipinski definition) is 3. The third kappa shape index (κ3) is 6.23. The third-order valence-electron chi connectivity index (χ3n) is 5.37. The zero-order valence-corrected chi connectivity index (χ0v) is 18.5. The minimum Gasteiger partial charge on any atom is -0.477 e. The fourth-order valence-electron chi connectivity index (χ4n) is 3.54. The number of carbonyl (C=O) groups excluding carboxylic acids is 3. The number of nitrogens with zero attached hydrogens (tertiary/aromatic N) is 1. The lowest BCUT2D eigenvalue weighted by Gasteiger charge is -2.35. The van der Waals surface area contributed by atoms with Crippen LogP contribution in [0.1, 0.15) is 32.3 Å². The number of urea groups is 1. The van der Waals surface area contributed by atoms with Gasteiger partial charge in [-0.15, -0.1) is 0 Å². The minimum atomic E-state index is -0.745. The van der Waals surface area contributed by atoms with Crippen LogP contribution in [0.15, 0.2) is 54.6 Å². The van der Waals surface area contributed by atoms with Crippen LogP contribution in [0.3, 0.4) is 0 Å². The van der Waals surface area contributed by atoms with E-state index in [1.165, 1.54) is 0 Å². The Labute approximate surface area is 188 Å². The summed E-state index contributed by atoms with van der Waals surface area (Å²) in [7, 11) is 0. The molecule has 1 unspecified atom stereocenters. The van der Waals surface area contributed by atoms with Crippen molar-refractivity contribution in [3.63, 3.8) is 0 Å². The predicted octanol–water partition coefficient (Wildman–Crippen LogP) is 2.58. The lowest BCUT2D eigenvalue weighted by molar-refractivity contribution is -0.129. The second-order valence-corrected chi connectivity index (χ2v) is 7.69. The zero-order valence-electron chi connectivity index (χ0n) is 18.5. The number of hydrogen-bond acceptors (Lipinski definition) is 5. The molecule has 8 heteroatoms. The van der Waals surface area contributed by atoms with Crippen LogP contribution in [0.2, 0.25) is 0 Å². The van der Waals surface area contributed by atoms with Gasteiger partial charge in [-0.1, -0.05) is 56.3 Å². The molecule has 1 heterocycles. The van der Waals surface area contributed by atoms with Crippen LogP contribution in [0.25, 0.3) is 0 Å². The summed E-state index contributed by atoms with van der Waals surface area (Å²) in [6, 6.07) is 16.2. The van der Waals surface area contributed by atoms with E-state index in [-0.39, 0.29) is 25.0 Å². The van der Waals surface area contributed by atoms with Crippen molar-refractivity contribution >= 4 is 23.5 Å². The van der Waals surface area contributed by atoms with Crippen molar-refractivity contribution < 1.29 is 19.1 Å². The SMILES string of the molecule is CCC(CC)NC(=O)C1CN(CC(=O)NC(=O)NCc2ccccc2)c2ccccc2O1. The fourth-order valence-corrected chi connectivity index (χ4v) is 3.54. The maximum absolute atomic E-state index is 12.7. The summed E-state index contributed by atoms with van der Waals surface area (Å²) < 4.78 is 5.90. The Morgan fingerprint density at radius 2 is 1.72 bits per heavy atom. The molecular weight excluding hydrogens is 408 g/mol. The molecule has 0 saturated carbocycles. The standard InChI is InChI=1S/C24H30N4O4/c1-3-18(4-2)26-23(30)21-15-28(19-12-8-9-13-20(19)32-21)16-22(29)27-24(31)25-14-17-10-6-5-7-11-17/h5-13,18,21H,3-4,14-16H2,1-2H3,(H,26,30)(H2,25,27,29,31). The van der Waals surface area contributed by atoms with E-state index in [0.29, 0.717) is 18.0 Å². The molecular formula is C24H30N4O4. The molecule has 0 fully saturated rings. The van der Waals surface area contributed by atoms with Gasteiger partial charge in [0.15, 0.2) is 6.10 Å². The van der Waals surface area contributed by atoms with E-state index < -0.39 is 18.0 Å². The van der Waals surface area contributed by atoms with Crippen LogP contribution in [0, 0.1) is 0 Å². The number of amides is 4. The molecule has 1 aliphatic rings. The Morgan fingerprint density at radius 3 is 2.44 bits per heavy atom. The molecule has 8 nitrogen and oxygen atoms in total. The minimum absolute atomic E-state index is 0.0755. The number of benzene rings is 2. The highest BCUT2D eigenvalue weighted by Gasteiger charge is 2.32. The third-order valence-corrected chi connectivity index (χ3v) is 5.37. The molecule has 0 spiro atoms. The van der Waals surface area contributed by atoms with Crippen molar-refractivity contribution in [2.75, 3.05) is 18.0 Å². The molecule has 3 rings (SSSR count). The largest absolute Gasteiger partial charge is 0.477 e. The Bertz CT molecular complexity index is 931. The Kier molecular flexibility index (Phi) is 8.08. The lowest BCUT2D eigenvalue weighted by Crippen LogP contribution is -2.53. The predicted molar refractivity (Wildman–Crippen MR) is 122 cm³/mol. The Morgan fingerprint density at radius 1 is 1.03 bits per heavy atom. The first-order chi connectivity index (χ1) is 15.5. The number of carbonyl (C=O) groups is 3. The maximum atomic E-state index is 12.7. The molecule has 1 atom stereocenters. The summed E-state index contributed by atoms with van der Waals surface area (Å²) in [5.74, 6) is -0.143. The van der Waals surface area contributed by atoms with E-state index in [1.54, 1.807) is 11.0 Å². The molecule has 2 aromatic carbocycles. The van der Waals surface area contributed by atoms with Crippen LogP contribution < -0.4 is 25.6 Å². The maximum Gasteiger partial charge on any atom is 0.321 e. The van der Waals surface area contributed by atoms with Gasteiger partial charge in [-0.05, 0) is 30.5 Å². The van der Waals surface area contributed by atoms with E-state index in [4.69, 9.17) is 4.74 Å². The van der Waals surface area contributed by atoms with Crippen molar-refractivity contribution in [1.29, 1.82) is 0 Å². The number of para-hydroxylation sites is 2. The first-order valence-electron chi connectivity index (χ1n) is 10.9. The first-order valence-corrected chi connectivity index (χ1v) is 10.9. The zero-order chi connectivity index (χ0) is 22.9. The number of ether oxygens (including phenoxy) is 1. The number of anilines is 1. The molecule has 4 amide bonds. The van der Waals surface area contributed by atoms with E-state index in [9.17, 15) is 14.4 Å². The van der Waals surface area contributed by atoms with Crippen LogP contribution >= 0.6 is 0 Å². The molecule has 3 N–H and O–H groups in total. The van der Waals surface area contributed by atoms with E-state index >= 15 is 0 Å². The average Bonchev–Trinajstić information content (AvgIpc) is 2.81. The van der Waals surface area contributed by atoms with E-state index in [2.05, 4.69) is 16.0 Å². The van der Waals surface area contributed by atoms with Crippen molar-refractivity contribution in [2.45, 2.75) is 45.4 Å². The molecule has 2 aromatic rings. The van der Waals surface area contributed by atoms with Gasteiger partial charge >= 0.3 is 6.03 Å². The summed E-state index contributed by atoms with van der Waals surface area (Å²) >= 11 is 0. The summed E-state index contributed by atoms with van der Waals surface area (Å²) in [6.45, 7) is 4.49. The molecule has 32 heavy (non-hydrogen) atoms. The van der Waals surface area contributed by atoms with Gasteiger partial charge in [0.25, 0.3) is 5.91 Å². The number of rotatable bonds is 8. The van der Waals surface area contributed by atoms with Crippen LogP contribution in [0.4, 0.5) is 10.5 Å². The molecule has 0 aliphatic carbocycles. The first kappa shape index (κ1) is 23.1. The smallest absolute Gasteiger partial charge is 0.321 e. The molecule has 0 saturated heterocycles. The highest BCUT2D eigenvalue weighted by molar-refractivity contribution is 5.97. The van der Waals surface area contributed by atoms with Crippen molar-refractivity contribution in [2.24, 2.45) is 0 Å². The van der Waals surface area contributed by atoms with Gasteiger partial charge in [-0.2, -0.15) is 0 Å². The molecule has 170 valence electrons. The van der Waals surface area contributed by atoms with Crippen molar-refractivity contribution in [1.82, 2.24) is 16.0 Å². The van der Waals surface area contributed by atoms with Crippen molar-refractivity contribution in [3.05, 3.63) is 60.2 Å². The summed E-state index contributed by atoms with van der Waals surface area (Å²) in [6.07, 6.45) is 0.913. The second-order valence-electron chi connectivity index (χ2n) is 7.69. The number of fused-ring (bicyclic) bond motifs is 1. The van der Waals surface area contributed by atoms with Gasteiger partial charge in [-0.25, -0.2) is 4.79 Å². The number of nitrogens with one attached hydrogen (secondary N) is 3. The molecule has 0 bridgehead atoms. The highest BCUT2D eigenvalue weighted by Crippen LogP contribution is 2.32.